The van der Waals surface area contributed by atoms with E-state index in [1.165, 1.54) is 19.2 Å². The number of nitro groups is 1. The summed E-state index contributed by atoms with van der Waals surface area (Å²) in [6.07, 6.45) is 4.55. The molecular weight excluding hydrogens is 594 g/mol. The topological polar surface area (TPSA) is 154 Å². The van der Waals surface area contributed by atoms with Gasteiger partial charge in [0.25, 0.3) is 5.69 Å². The van der Waals surface area contributed by atoms with Gasteiger partial charge in [-0.1, -0.05) is 48.5 Å². The molecule has 0 fully saturated rings. The second-order valence-electron chi connectivity index (χ2n) is 10.2. The summed E-state index contributed by atoms with van der Waals surface area (Å²) < 4.78 is 15.7. The molecule has 0 saturated carbocycles. The summed E-state index contributed by atoms with van der Waals surface area (Å²) in [6.45, 7) is 0.502. The SMILES string of the molecule is COC(=O)[C@H](CCC(=O)N(C/C=C/COc1ccc([N+](=O)[O-])cc1C=O)Cc1ccc(OC)cc1)NC(=O)CCc1ccccc1. The van der Waals surface area contributed by atoms with Crippen molar-refractivity contribution in [2.24, 2.45) is 0 Å². The molecule has 0 heterocycles. The van der Waals surface area contributed by atoms with E-state index in [-0.39, 0.29) is 67.8 Å². The monoisotopic (exact) mass is 631 g/mol. The highest BCUT2D eigenvalue weighted by Gasteiger charge is 2.24. The van der Waals surface area contributed by atoms with E-state index >= 15 is 0 Å². The van der Waals surface area contributed by atoms with Crippen molar-refractivity contribution in [1.82, 2.24) is 10.2 Å². The molecule has 12 heteroatoms. The first kappa shape index (κ1) is 35.0. The molecule has 0 unspecified atom stereocenters. The number of nitrogens with one attached hydrogen (secondary N) is 1. The highest BCUT2D eigenvalue weighted by molar-refractivity contribution is 5.85. The standard InChI is InChI=1S/C34H37N3O9/c1-44-29-14-10-26(11-15-29)23-36(20-6-7-21-46-31-17-13-28(37(42)43)22-27(31)24-38)33(40)19-16-30(34(41)45-2)35-32(39)18-12-25-8-4-3-5-9-25/h3-11,13-15,17,22,24,30H,12,16,18-21,23H2,1-2H3,(H,35,39)/b7-6+/t30-/m0/s1. The molecule has 3 aromatic rings. The average Bonchev–Trinajstić information content (AvgIpc) is 3.08. The summed E-state index contributed by atoms with van der Waals surface area (Å²) in [5, 5.41) is 13.7. The Morgan fingerprint density at radius 2 is 1.70 bits per heavy atom. The molecule has 242 valence electrons. The van der Waals surface area contributed by atoms with E-state index in [9.17, 15) is 29.3 Å². The Bertz CT molecular complexity index is 1510. The first-order chi connectivity index (χ1) is 22.2. The molecule has 12 nitrogen and oxygen atoms in total. The van der Waals surface area contributed by atoms with Gasteiger partial charge >= 0.3 is 5.97 Å². The number of benzene rings is 3. The summed E-state index contributed by atoms with van der Waals surface area (Å²) in [4.78, 5) is 61.8. The quantitative estimate of drug-likeness (QED) is 0.0705. The molecular formula is C34H37N3O9. The fourth-order valence-electron chi connectivity index (χ4n) is 4.47. The molecule has 46 heavy (non-hydrogen) atoms. The van der Waals surface area contributed by atoms with E-state index in [1.807, 2.05) is 42.5 Å². The van der Waals surface area contributed by atoms with Gasteiger partial charge in [-0.3, -0.25) is 24.5 Å². The Labute approximate surface area is 267 Å². The molecule has 0 spiro atoms. The zero-order valence-electron chi connectivity index (χ0n) is 25.8. The maximum Gasteiger partial charge on any atom is 0.328 e. The summed E-state index contributed by atoms with van der Waals surface area (Å²) in [7, 11) is 2.79. The highest BCUT2D eigenvalue weighted by Crippen LogP contribution is 2.23. The first-order valence-electron chi connectivity index (χ1n) is 14.6. The van der Waals surface area contributed by atoms with Crippen LogP contribution in [0.4, 0.5) is 5.69 Å². The van der Waals surface area contributed by atoms with E-state index in [0.717, 1.165) is 17.2 Å². The number of ether oxygens (including phenoxy) is 3. The van der Waals surface area contributed by atoms with E-state index in [2.05, 4.69) is 5.32 Å². The summed E-state index contributed by atoms with van der Waals surface area (Å²) in [6, 6.07) is 19.5. The Hall–Kier alpha value is -5.52. The minimum Gasteiger partial charge on any atom is -0.497 e. The third-order valence-electron chi connectivity index (χ3n) is 7.00. The summed E-state index contributed by atoms with van der Waals surface area (Å²) >= 11 is 0. The van der Waals surface area contributed by atoms with Crippen LogP contribution in [0.15, 0.2) is 84.9 Å². The van der Waals surface area contributed by atoms with Crippen molar-refractivity contribution in [3.05, 3.63) is 112 Å². The molecule has 0 aliphatic heterocycles. The number of rotatable bonds is 18. The lowest BCUT2D eigenvalue weighted by Crippen LogP contribution is -2.42. The van der Waals surface area contributed by atoms with Crippen LogP contribution in [0, 0.1) is 10.1 Å². The first-order valence-corrected chi connectivity index (χ1v) is 14.6. The van der Waals surface area contributed by atoms with E-state index in [4.69, 9.17) is 14.2 Å². The Morgan fingerprint density at radius 1 is 0.957 bits per heavy atom. The number of nitro benzene ring substituents is 1. The number of hydrogen-bond acceptors (Lipinski definition) is 9. The number of aldehydes is 1. The predicted molar refractivity (Wildman–Crippen MR) is 169 cm³/mol. The molecule has 3 rings (SSSR count). The van der Waals surface area contributed by atoms with Gasteiger partial charge in [0.2, 0.25) is 11.8 Å². The molecule has 0 radical (unpaired) electrons. The Balaban J connectivity index is 1.63. The molecule has 0 bridgehead atoms. The Kier molecular flexibility index (Phi) is 13.9. The van der Waals surface area contributed by atoms with Gasteiger partial charge in [0.15, 0.2) is 6.29 Å². The minimum atomic E-state index is -0.988. The Morgan fingerprint density at radius 3 is 2.35 bits per heavy atom. The number of nitrogens with zero attached hydrogens (tertiary/aromatic N) is 2. The van der Waals surface area contributed by atoms with Gasteiger partial charge in [-0.05, 0) is 48.2 Å². The molecule has 1 atom stereocenters. The van der Waals surface area contributed by atoms with Gasteiger partial charge in [0, 0.05) is 38.1 Å². The fourth-order valence-corrected chi connectivity index (χ4v) is 4.47. The van der Waals surface area contributed by atoms with Crippen LogP contribution < -0.4 is 14.8 Å². The van der Waals surface area contributed by atoms with Crippen molar-refractivity contribution < 1.29 is 38.3 Å². The molecule has 0 aromatic heterocycles. The predicted octanol–water partition coefficient (Wildman–Crippen LogP) is 4.45. The molecule has 0 aliphatic rings. The number of esters is 1. The molecule has 2 amide bonds. The largest absolute Gasteiger partial charge is 0.497 e. The number of carbonyl (C=O) groups is 4. The van der Waals surface area contributed by atoms with Crippen LogP contribution in [-0.4, -0.2) is 67.3 Å². The van der Waals surface area contributed by atoms with Crippen molar-refractivity contribution in [1.29, 1.82) is 0 Å². The number of hydrogen-bond donors (Lipinski definition) is 1. The lowest BCUT2D eigenvalue weighted by atomic mass is 10.1. The van der Waals surface area contributed by atoms with Gasteiger partial charge in [0.05, 0.1) is 24.7 Å². The molecule has 1 N–H and O–H groups in total. The highest BCUT2D eigenvalue weighted by atomic mass is 16.6. The smallest absolute Gasteiger partial charge is 0.328 e. The molecule has 0 saturated heterocycles. The van der Waals surface area contributed by atoms with Gasteiger partial charge in [-0.2, -0.15) is 0 Å². The van der Waals surface area contributed by atoms with Crippen molar-refractivity contribution >= 4 is 29.8 Å². The van der Waals surface area contributed by atoms with Crippen molar-refractivity contribution in [2.75, 3.05) is 27.4 Å². The third kappa shape index (κ3) is 11.2. The summed E-state index contributed by atoms with van der Waals surface area (Å²) in [5.41, 5.74) is 1.66. The molecule has 0 aliphatic carbocycles. The van der Waals surface area contributed by atoms with Crippen LogP contribution in [0.1, 0.15) is 40.7 Å². The second-order valence-corrected chi connectivity index (χ2v) is 10.2. The number of methoxy groups -OCH3 is 2. The van der Waals surface area contributed by atoms with E-state index in [0.29, 0.717) is 18.5 Å². The third-order valence-corrected chi connectivity index (χ3v) is 7.00. The van der Waals surface area contributed by atoms with Gasteiger partial charge in [-0.25, -0.2) is 4.79 Å². The molecule has 3 aromatic carbocycles. The van der Waals surface area contributed by atoms with Gasteiger partial charge in [-0.15, -0.1) is 0 Å². The minimum absolute atomic E-state index is 0.0370. The van der Waals surface area contributed by atoms with Crippen LogP contribution in [-0.2, 0) is 32.1 Å². The second kappa shape index (κ2) is 18.3. The van der Waals surface area contributed by atoms with Gasteiger partial charge < -0.3 is 24.4 Å². The van der Waals surface area contributed by atoms with Crippen LogP contribution >= 0.6 is 0 Å². The number of non-ortho nitro benzene ring substituents is 1. The van der Waals surface area contributed by atoms with Gasteiger partial charge in [0.1, 0.15) is 24.1 Å². The lowest BCUT2D eigenvalue weighted by Gasteiger charge is -2.23. The summed E-state index contributed by atoms with van der Waals surface area (Å²) in [5.74, 6) is -0.358. The zero-order chi connectivity index (χ0) is 33.3. The fraction of sp³-hybridized carbons (Fsp3) is 0.294. The number of aryl methyl sites for hydroxylation is 1. The zero-order valence-corrected chi connectivity index (χ0v) is 25.8. The number of amides is 2. The van der Waals surface area contributed by atoms with Crippen LogP contribution in [0.3, 0.4) is 0 Å². The van der Waals surface area contributed by atoms with Crippen molar-refractivity contribution in [3.63, 3.8) is 0 Å². The van der Waals surface area contributed by atoms with Crippen LogP contribution in [0.2, 0.25) is 0 Å². The maximum atomic E-state index is 13.4. The van der Waals surface area contributed by atoms with Crippen LogP contribution in [0.5, 0.6) is 11.5 Å². The normalized spacial score (nSPS) is 11.3. The van der Waals surface area contributed by atoms with E-state index in [1.54, 1.807) is 36.3 Å². The average molecular weight is 632 g/mol. The van der Waals surface area contributed by atoms with Crippen molar-refractivity contribution in [2.45, 2.75) is 38.3 Å². The number of carbonyl (C=O) groups excluding carboxylic acids is 4. The lowest BCUT2D eigenvalue weighted by molar-refractivity contribution is -0.384. The maximum absolute atomic E-state index is 13.4. The van der Waals surface area contributed by atoms with Crippen molar-refractivity contribution in [3.8, 4) is 11.5 Å². The van der Waals surface area contributed by atoms with Crippen LogP contribution in [0.25, 0.3) is 0 Å². The van der Waals surface area contributed by atoms with E-state index < -0.39 is 16.9 Å².